The van der Waals surface area contributed by atoms with Crippen molar-refractivity contribution in [3.63, 3.8) is 0 Å². The summed E-state index contributed by atoms with van der Waals surface area (Å²) in [5.41, 5.74) is -2.95. The summed E-state index contributed by atoms with van der Waals surface area (Å²) in [6.07, 6.45) is -9.73. The Morgan fingerprint density at radius 2 is 1.24 bits per heavy atom. The average Bonchev–Trinajstić information content (AvgIpc) is 2.34. The maximum atomic E-state index is 12.7. The van der Waals surface area contributed by atoms with Crippen molar-refractivity contribution in [1.29, 1.82) is 0 Å². The van der Waals surface area contributed by atoms with Gasteiger partial charge in [-0.15, -0.1) is 0 Å². The fraction of sp³-hybridized carbons (Fsp3) is 0.385. The molecule has 0 aliphatic heterocycles. The Balaban J connectivity index is 3.42. The van der Waals surface area contributed by atoms with Gasteiger partial charge < -0.3 is 9.80 Å². The highest BCUT2D eigenvalue weighted by atomic mass is 19.4. The Kier molecular flexibility index (Phi) is 4.50. The monoisotopic (exact) mass is 312 g/mol. The van der Waals surface area contributed by atoms with E-state index in [-0.39, 0.29) is 17.6 Å². The van der Waals surface area contributed by atoms with Crippen molar-refractivity contribution < 1.29 is 26.3 Å². The van der Waals surface area contributed by atoms with E-state index in [9.17, 15) is 26.3 Å². The first-order valence-corrected chi connectivity index (χ1v) is 5.73. The molecule has 0 atom stereocenters. The van der Waals surface area contributed by atoms with Crippen LogP contribution in [0, 0.1) is 0 Å². The summed E-state index contributed by atoms with van der Waals surface area (Å²) in [6, 6.07) is 1.41. The number of rotatable bonds is 3. The molecule has 0 unspecified atom stereocenters. The molecule has 0 heterocycles. The van der Waals surface area contributed by atoms with E-state index in [1.807, 2.05) is 0 Å². The molecule has 0 radical (unpaired) electrons. The SMILES string of the molecule is C=C(N(C)C)N(C)c1cc(C(F)(F)F)cc(C(F)(F)F)c1. The summed E-state index contributed by atoms with van der Waals surface area (Å²) in [5.74, 6) is 0.252. The topological polar surface area (TPSA) is 6.48 Å². The summed E-state index contributed by atoms with van der Waals surface area (Å²) in [5, 5.41) is 0. The molecule has 0 spiro atoms. The number of hydrogen-bond acceptors (Lipinski definition) is 2. The standard InChI is InChI=1S/C13H14F6N2/c1-8(20(2)3)21(4)11-6-9(12(14,15)16)5-10(7-11)13(17,18)19/h5-7H,1H2,2-4H3. The predicted octanol–water partition coefficient (Wildman–Crippen LogP) is 4.19. The van der Waals surface area contributed by atoms with Gasteiger partial charge in [-0.05, 0) is 18.2 Å². The molecule has 0 aliphatic rings. The normalized spacial score (nSPS) is 12.2. The minimum absolute atomic E-state index is 0.0930. The maximum Gasteiger partial charge on any atom is 0.416 e. The number of hydrogen-bond donors (Lipinski definition) is 0. The Bertz CT molecular complexity index is 498. The van der Waals surface area contributed by atoms with Crippen LogP contribution < -0.4 is 4.90 Å². The van der Waals surface area contributed by atoms with Gasteiger partial charge in [-0.1, -0.05) is 6.58 Å². The minimum Gasteiger partial charge on any atom is -0.365 e. The molecule has 0 saturated carbocycles. The molecule has 0 bridgehead atoms. The smallest absolute Gasteiger partial charge is 0.365 e. The van der Waals surface area contributed by atoms with Crippen molar-refractivity contribution in [2.75, 3.05) is 26.0 Å². The van der Waals surface area contributed by atoms with Gasteiger partial charge in [0.1, 0.15) is 5.82 Å². The molecule has 0 amide bonds. The molecule has 0 fully saturated rings. The van der Waals surface area contributed by atoms with E-state index in [0.717, 1.165) is 4.90 Å². The first kappa shape index (κ1) is 17.2. The number of nitrogens with zero attached hydrogens (tertiary/aromatic N) is 2. The van der Waals surface area contributed by atoms with Crippen LogP contribution in [-0.2, 0) is 12.4 Å². The number of halogens is 6. The molecule has 0 aromatic heterocycles. The van der Waals surface area contributed by atoms with Crippen LogP contribution in [0.2, 0.25) is 0 Å². The van der Waals surface area contributed by atoms with E-state index >= 15 is 0 Å². The van der Waals surface area contributed by atoms with Crippen LogP contribution in [0.5, 0.6) is 0 Å². The molecule has 21 heavy (non-hydrogen) atoms. The third-order valence-electron chi connectivity index (χ3n) is 2.86. The van der Waals surface area contributed by atoms with Crippen LogP contribution >= 0.6 is 0 Å². The number of benzene rings is 1. The zero-order valence-corrected chi connectivity index (χ0v) is 11.6. The van der Waals surface area contributed by atoms with Gasteiger partial charge in [-0.25, -0.2) is 0 Å². The summed E-state index contributed by atoms with van der Waals surface area (Å²) in [7, 11) is 4.51. The molecule has 1 aromatic carbocycles. The quantitative estimate of drug-likeness (QED) is 0.772. The summed E-state index contributed by atoms with van der Waals surface area (Å²) in [4.78, 5) is 2.64. The fourth-order valence-corrected chi connectivity index (χ4v) is 1.58. The van der Waals surface area contributed by atoms with Crippen molar-refractivity contribution in [2.24, 2.45) is 0 Å². The molecule has 1 rings (SSSR count). The van der Waals surface area contributed by atoms with E-state index in [1.54, 1.807) is 14.1 Å². The van der Waals surface area contributed by atoms with Gasteiger partial charge in [-0.3, -0.25) is 0 Å². The fourth-order valence-electron chi connectivity index (χ4n) is 1.58. The van der Waals surface area contributed by atoms with Gasteiger partial charge in [0.05, 0.1) is 11.1 Å². The van der Waals surface area contributed by atoms with Crippen LogP contribution in [0.1, 0.15) is 11.1 Å². The van der Waals surface area contributed by atoms with Gasteiger partial charge >= 0.3 is 12.4 Å². The van der Waals surface area contributed by atoms with Gasteiger partial charge in [0.15, 0.2) is 0 Å². The molecular formula is C13H14F6N2. The molecule has 0 N–H and O–H groups in total. The molecule has 0 saturated heterocycles. The first-order chi connectivity index (χ1) is 9.34. The summed E-state index contributed by atoms with van der Waals surface area (Å²) < 4.78 is 76.4. The van der Waals surface area contributed by atoms with Crippen LogP contribution in [0.3, 0.4) is 0 Å². The van der Waals surface area contributed by atoms with Gasteiger partial charge in [0, 0.05) is 26.8 Å². The molecule has 118 valence electrons. The lowest BCUT2D eigenvalue weighted by Crippen LogP contribution is -2.27. The van der Waals surface area contributed by atoms with E-state index < -0.39 is 23.5 Å². The lowest BCUT2D eigenvalue weighted by molar-refractivity contribution is -0.143. The van der Waals surface area contributed by atoms with Crippen molar-refractivity contribution in [3.8, 4) is 0 Å². The van der Waals surface area contributed by atoms with Crippen molar-refractivity contribution in [3.05, 3.63) is 41.7 Å². The third kappa shape index (κ3) is 4.05. The second-order valence-electron chi connectivity index (χ2n) is 4.63. The van der Waals surface area contributed by atoms with Gasteiger partial charge in [0.25, 0.3) is 0 Å². The van der Waals surface area contributed by atoms with Crippen LogP contribution in [0.25, 0.3) is 0 Å². The summed E-state index contributed by atoms with van der Waals surface area (Å²) in [6.45, 7) is 3.60. The van der Waals surface area contributed by atoms with E-state index in [1.165, 1.54) is 11.9 Å². The highest BCUT2D eigenvalue weighted by Crippen LogP contribution is 2.38. The zero-order chi connectivity index (χ0) is 16.6. The van der Waals surface area contributed by atoms with Gasteiger partial charge in [0.2, 0.25) is 0 Å². The Morgan fingerprint density at radius 3 is 1.52 bits per heavy atom. The van der Waals surface area contributed by atoms with E-state index in [0.29, 0.717) is 12.1 Å². The van der Waals surface area contributed by atoms with Crippen molar-refractivity contribution in [2.45, 2.75) is 12.4 Å². The maximum absolute atomic E-state index is 12.7. The molecule has 0 aliphatic carbocycles. The second kappa shape index (κ2) is 5.50. The minimum atomic E-state index is -4.86. The Labute approximate surface area is 118 Å². The lowest BCUT2D eigenvalue weighted by Gasteiger charge is -2.28. The average molecular weight is 312 g/mol. The van der Waals surface area contributed by atoms with Crippen LogP contribution in [-0.4, -0.2) is 26.0 Å². The highest BCUT2D eigenvalue weighted by molar-refractivity contribution is 5.55. The third-order valence-corrected chi connectivity index (χ3v) is 2.86. The largest absolute Gasteiger partial charge is 0.416 e. The van der Waals surface area contributed by atoms with Crippen LogP contribution in [0.15, 0.2) is 30.6 Å². The van der Waals surface area contributed by atoms with E-state index in [4.69, 9.17) is 0 Å². The predicted molar refractivity (Wildman–Crippen MR) is 67.7 cm³/mol. The lowest BCUT2D eigenvalue weighted by atomic mass is 10.1. The molecule has 8 heteroatoms. The van der Waals surface area contributed by atoms with Gasteiger partial charge in [-0.2, -0.15) is 26.3 Å². The highest BCUT2D eigenvalue weighted by Gasteiger charge is 2.37. The Morgan fingerprint density at radius 1 is 0.857 bits per heavy atom. The molecular weight excluding hydrogens is 298 g/mol. The summed E-state index contributed by atoms with van der Waals surface area (Å²) >= 11 is 0. The van der Waals surface area contributed by atoms with Crippen molar-refractivity contribution >= 4 is 5.69 Å². The van der Waals surface area contributed by atoms with E-state index in [2.05, 4.69) is 6.58 Å². The Hall–Kier alpha value is -1.86. The zero-order valence-electron chi connectivity index (χ0n) is 11.6. The number of alkyl halides is 6. The number of anilines is 1. The van der Waals surface area contributed by atoms with Crippen LogP contribution in [0.4, 0.5) is 32.0 Å². The first-order valence-electron chi connectivity index (χ1n) is 5.73. The molecule has 1 aromatic rings. The second-order valence-corrected chi connectivity index (χ2v) is 4.63. The van der Waals surface area contributed by atoms with Crippen molar-refractivity contribution in [1.82, 2.24) is 4.90 Å². The molecule has 2 nitrogen and oxygen atoms in total.